The third-order valence-corrected chi connectivity index (χ3v) is 4.89. The second-order valence-corrected chi connectivity index (χ2v) is 8.02. The highest BCUT2D eigenvalue weighted by molar-refractivity contribution is 6.39. The van der Waals surface area contributed by atoms with Crippen LogP contribution in [0.25, 0.3) is 0 Å². The number of hydrogen-bond acceptors (Lipinski definition) is 5. The molecule has 0 aliphatic carbocycles. The summed E-state index contributed by atoms with van der Waals surface area (Å²) in [4.78, 5) is 24.2. The molecule has 34 heavy (non-hydrogen) atoms. The molecule has 176 valence electrons. The maximum absolute atomic E-state index is 12.1. The van der Waals surface area contributed by atoms with Crippen LogP contribution in [0.15, 0.2) is 65.8 Å². The van der Waals surface area contributed by atoms with Gasteiger partial charge in [0.25, 0.3) is 0 Å². The maximum Gasteiger partial charge on any atom is 0.329 e. The third-order valence-electron chi connectivity index (χ3n) is 4.64. The van der Waals surface area contributed by atoms with Crippen molar-refractivity contribution in [3.05, 3.63) is 87.9 Å². The molecule has 0 atom stereocenters. The number of halogens is 1. The first-order valence-electron chi connectivity index (χ1n) is 10.7. The Balaban J connectivity index is 1.59. The molecule has 3 aromatic rings. The zero-order valence-electron chi connectivity index (χ0n) is 19.2. The van der Waals surface area contributed by atoms with E-state index in [0.29, 0.717) is 41.0 Å². The van der Waals surface area contributed by atoms with Crippen LogP contribution in [0.2, 0.25) is 5.02 Å². The Kier molecular flexibility index (Phi) is 8.65. The maximum atomic E-state index is 12.1. The van der Waals surface area contributed by atoms with Crippen LogP contribution in [0.5, 0.6) is 11.5 Å². The van der Waals surface area contributed by atoms with Crippen LogP contribution in [0.4, 0.5) is 5.69 Å². The summed E-state index contributed by atoms with van der Waals surface area (Å²) in [5, 5.41) is 7.11. The molecular weight excluding hydrogens is 454 g/mol. The zero-order chi connectivity index (χ0) is 24.5. The van der Waals surface area contributed by atoms with Crippen molar-refractivity contribution < 1.29 is 19.1 Å². The predicted octanol–water partition coefficient (Wildman–Crippen LogP) is 5.02. The summed E-state index contributed by atoms with van der Waals surface area (Å²) >= 11 is 5.92. The highest BCUT2D eigenvalue weighted by Crippen LogP contribution is 2.29. The van der Waals surface area contributed by atoms with Crippen molar-refractivity contribution in [2.45, 2.75) is 27.4 Å². The van der Waals surface area contributed by atoms with E-state index in [1.165, 1.54) is 6.21 Å². The van der Waals surface area contributed by atoms with Gasteiger partial charge >= 0.3 is 11.8 Å². The Morgan fingerprint density at radius 1 is 0.912 bits per heavy atom. The van der Waals surface area contributed by atoms with E-state index in [1.807, 2.05) is 39.0 Å². The van der Waals surface area contributed by atoms with Gasteiger partial charge < -0.3 is 14.8 Å². The average molecular weight is 480 g/mol. The molecule has 3 rings (SSSR count). The molecule has 3 aromatic carbocycles. The van der Waals surface area contributed by atoms with Gasteiger partial charge in [0.1, 0.15) is 6.61 Å². The summed E-state index contributed by atoms with van der Waals surface area (Å²) in [7, 11) is 0. The molecule has 0 bridgehead atoms. The van der Waals surface area contributed by atoms with E-state index in [9.17, 15) is 9.59 Å². The van der Waals surface area contributed by atoms with Crippen LogP contribution in [0.3, 0.4) is 0 Å². The second-order valence-electron chi connectivity index (χ2n) is 7.58. The molecular formula is C26H26ClN3O4. The molecule has 7 nitrogen and oxygen atoms in total. The van der Waals surface area contributed by atoms with Crippen LogP contribution in [0.1, 0.15) is 29.2 Å². The number of carbonyl (C=O) groups excluding carboxylic acids is 2. The topological polar surface area (TPSA) is 89.0 Å². The van der Waals surface area contributed by atoms with E-state index in [0.717, 1.165) is 16.7 Å². The smallest absolute Gasteiger partial charge is 0.329 e. The summed E-state index contributed by atoms with van der Waals surface area (Å²) < 4.78 is 11.6. The lowest BCUT2D eigenvalue weighted by Crippen LogP contribution is -2.32. The largest absolute Gasteiger partial charge is 0.490 e. The first-order chi connectivity index (χ1) is 16.3. The number of amides is 2. The van der Waals surface area contributed by atoms with Gasteiger partial charge in [-0.15, -0.1) is 0 Å². The number of nitrogens with one attached hydrogen (secondary N) is 2. The Morgan fingerprint density at radius 2 is 1.62 bits per heavy atom. The van der Waals surface area contributed by atoms with Gasteiger partial charge in [0.2, 0.25) is 0 Å². The number of carbonyl (C=O) groups is 2. The third kappa shape index (κ3) is 7.35. The van der Waals surface area contributed by atoms with Gasteiger partial charge in [-0.05, 0) is 85.5 Å². The van der Waals surface area contributed by atoms with Crippen molar-refractivity contribution in [1.29, 1.82) is 0 Å². The molecule has 0 spiro atoms. The van der Waals surface area contributed by atoms with Gasteiger partial charge in [0, 0.05) is 10.7 Å². The SMILES string of the molecule is CCOc1cc(C=NNC(=O)C(=O)Nc2cc(C)cc(C)c2)ccc1OCc1ccc(Cl)cc1. The Hall–Kier alpha value is -3.84. The van der Waals surface area contributed by atoms with Crippen molar-refractivity contribution in [3.8, 4) is 11.5 Å². The number of benzene rings is 3. The first-order valence-corrected chi connectivity index (χ1v) is 11.1. The molecule has 0 radical (unpaired) electrons. The quantitative estimate of drug-likeness (QED) is 0.269. The van der Waals surface area contributed by atoms with Gasteiger partial charge in [-0.25, -0.2) is 5.43 Å². The standard InChI is InChI=1S/C26H26ClN3O4/c1-4-33-24-14-20(7-10-23(24)34-16-19-5-8-21(27)9-6-19)15-28-30-26(32)25(31)29-22-12-17(2)11-18(3)13-22/h5-15H,4,16H2,1-3H3,(H,29,31)(H,30,32). The lowest BCUT2D eigenvalue weighted by Gasteiger charge is -2.12. The van der Waals surface area contributed by atoms with E-state index < -0.39 is 11.8 Å². The van der Waals surface area contributed by atoms with Crippen molar-refractivity contribution in [2.24, 2.45) is 5.10 Å². The van der Waals surface area contributed by atoms with E-state index >= 15 is 0 Å². The van der Waals surface area contributed by atoms with Gasteiger partial charge in [-0.1, -0.05) is 29.8 Å². The van der Waals surface area contributed by atoms with Crippen molar-refractivity contribution in [3.63, 3.8) is 0 Å². The zero-order valence-corrected chi connectivity index (χ0v) is 20.0. The van der Waals surface area contributed by atoms with Crippen LogP contribution >= 0.6 is 11.6 Å². The van der Waals surface area contributed by atoms with E-state index in [4.69, 9.17) is 21.1 Å². The Morgan fingerprint density at radius 3 is 2.29 bits per heavy atom. The van der Waals surface area contributed by atoms with E-state index in [-0.39, 0.29) is 0 Å². The van der Waals surface area contributed by atoms with Crippen LogP contribution in [0, 0.1) is 13.8 Å². The second kappa shape index (κ2) is 11.9. The molecule has 0 fully saturated rings. The summed E-state index contributed by atoms with van der Waals surface area (Å²) in [6, 6.07) is 18.2. The van der Waals surface area contributed by atoms with E-state index in [2.05, 4.69) is 15.8 Å². The molecule has 2 N–H and O–H groups in total. The van der Waals surface area contributed by atoms with Crippen LogP contribution in [-0.2, 0) is 16.2 Å². The fourth-order valence-electron chi connectivity index (χ4n) is 3.19. The minimum Gasteiger partial charge on any atom is -0.490 e. The number of ether oxygens (including phenoxy) is 2. The van der Waals surface area contributed by atoms with E-state index in [1.54, 1.807) is 42.5 Å². The fourth-order valence-corrected chi connectivity index (χ4v) is 3.31. The average Bonchev–Trinajstić information content (AvgIpc) is 2.79. The number of hydrazone groups is 1. The van der Waals surface area contributed by atoms with Gasteiger partial charge in [-0.2, -0.15) is 5.10 Å². The minimum absolute atomic E-state index is 0.357. The monoisotopic (exact) mass is 479 g/mol. The number of hydrogen-bond donors (Lipinski definition) is 2. The summed E-state index contributed by atoms with van der Waals surface area (Å²) in [6.07, 6.45) is 1.42. The van der Waals surface area contributed by atoms with Crippen molar-refractivity contribution in [2.75, 3.05) is 11.9 Å². The number of anilines is 1. The lowest BCUT2D eigenvalue weighted by atomic mass is 10.1. The van der Waals surface area contributed by atoms with Gasteiger partial charge in [-0.3, -0.25) is 9.59 Å². The molecule has 0 unspecified atom stereocenters. The molecule has 0 saturated carbocycles. The summed E-state index contributed by atoms with van der Waals surface area (Å²) in [6.45, 7) is 6.51. The summed E-state index contributed by atoms with van der Waals surface area (Å²) in [5.74, 6) is -0.559. The minimum atomic E-state index is -0.872. The fraction of sp³-hybridized carbons (Fsp3) is 0.192. The number of aryl methyl sites for hydroxylation is 2. The molecule has 0 heterocycles. The van der Waals surface area contributed by atoms with Crippen LogP contribution in [-0.4, -0.2) is 24.6 Å². The Bertz CT molecular complexity index is 1170. The van der Waals surface area contributed by atoms with Gasteiger partial charge in [0.15, 0.2) is 11.5 Å². The normalized spacial score (nSPS) is 10.7. The lowest BCUT2D eigenvalue weighted by molar-refractivity contribution is -0.136. The number of rotatable bonds is 8. The van der Waals surface area contributed by atoms with Gasteiger partial charge in [0.05, 0.1) is 12.8 Å². The molecule has 0 saturated heterocycles. The highest BCUT2D eigenvalue weighted by Gasteiger charge is 2.13. The molecule has 0 aliphatic heterocycles. The van der Waals surface area contributed by atoms with Crippen molar-refractivity contribution >= 4 is 35.3 Å². The molecule has 0 aliphatic rings. The van der Waals surface area contributed by atoms with Crippen LogP contribution < -0.4 is 20.2 Å². The molecule has 0 aromatic heterocycles. The molecule has 8 heteroatoms. The van der Waals surface area contributed by atoms with Crippen molar-refractivity contribution in [1.82, 2.24) is 5.43 Å². The number of nitrogens with zero attached hydrogens (tertiary/aromatic N) is 1. The molecule has 2 amide bonds. The predicted molar refractivity (Wildman–Crippen MR) is 134 cm³/mol. The first kappa shape index (κ1) is 24.8. The summed E-state index contributed by atoms with van der Waals surface area (Å²) in [5.41, 5.74) is 6.39. The highest BCUT2D eigenvalue weighted by atomic mass is 35.5. The Labute approximate surface area is 203 Å².